The Labute approximate surface area is 155 Å². The number of hydrogen-bond acceptors (Lipinski definition) is 6. The van der Waals surface area contributed by atoms with Crippen molar-refractivity contribution < 1.29 is 23.0 Å². The van der Waals surface area contributed by atoms with Crippen molar-refractivity contribution in [3.05, 3.63) is 41.4 Å². The maximum absolute atomic E-state index is 14.0. The van der Waals surface area contributed by atoms with Crippen molar-refractivity contribution in [3.63, 3.8) is 0 Å². The van der Waals surface area contributed by atoms with E-state index in [1.165, 1.54) is 11.2 Å². The van der Waals surface area contributed by atoms with Crippen molar-refractivity contribution in [2.45, 2.75) is 39.3 Å². The molecule has 1 aliphatic rings. The number of ether oxygens (including phenoxy) is 2. The fourth-order valence-electron chi connectivity index (χ4n) is 2.62. The molecule has 1 aromatic carbocycles. The Hall–Kier alpha value is -2.97. The molecule has 0 saturated carbocycles. The van der Waals surface area contributed by atoms with Crippen LogP contribution in [0.3, 0.4) is 0 Å². The van der Waals surface area contributed by atoms with Crippen molar-refractivity contribution in [3.8, 4) is 11.6 Å². The zero-order chi connectivity index (χ0) is 19.8. The summed E-state index contributed by atoms with van der Waals surface area (Å²) in [4.78, 5) is 22.0. The smallest absolute Gasteiger partial charge is 0.410 e. The lowest BCUT2D eigenvalue weighted by Gasteiger charge is -2.30. The Morgan fingerprint density at radius 1 is 1.22 bits per heavy atom. The van der Waals surface area contributed by atoms with Crippen LogP contribution < -0.4 is 10.5 Å². The molecule has 1 aliphatic heterocycles. The average molecular weight is 378 g/mol. The van der Waals surface area contributed by atoms with Gasteiger partial charge in [0, 0.05) is 24.2 Å². The van der Waals surface area contributed by atoms with Crippen molar-refractivity contribution in [1.29, 1.82) is 0 Å². The highest BCUT2D eigenvalue weighted by Gasteiger charge is 2.28. The minimum absolute atomic E-state index is 0.118. The van der Waals surface area contributed by atoms with Crippen LogP contribution in [-0.4, -0.2) is 33.1 Å². The molecule has 0 saturated heterocycles. The van der Waals surface area contributed by atoms with E-state index in [0.717, 1.165) is 12.1 Å². The molecule has 1 aromatic heterocycles. The van der Waals surface area contributed by atoms with Gasteiger partial charge in [-0.15, -0.1) is 0 Å². The summed E-state index contributed by atoms with van der Waals surface area (Å²) in [6.45, 7) is 5.94. The van der Waals surface area contributed by atoms with E-state index >= 15 is 0 Å². The Morgan fingerprint density at radius 2 is 1.96 bits per heavy atom. The number of fused-ring (bicyclic) bond motifs is 1. The van der Waals surface area contributed by atoms with E-state index in [1.54, 1.807) is 20.8 Å². The second-order valence-corrected chi connectivity index (χ2v) is 7.16. The SMILES string of the molecule is CC(C)(C)OC(=O)N1CCc2c(ncnc2Oc2cc(F)c(N)cc2F)C1. The van der Waals surface area contributed by atoms with Crippen LogP contribution in [-0.2, 0) is 17.7 Å². The largest absolute Gasteiger partial charge is 0.444 e. The van der Waals surface area contributed by atoms with Crippen molar-refractivity contribution >= 4 is 11.8 Å². The van der Waals surface area contributed by atoms with Gasteiger partial charge in [-0.05, 0) is 27.2 Å². The fourth-order valence-corrected chi connectivity index (χ4v) is 2.62. The monoisotopic (exact) mass is 378 g/mol. The molecule has 0 bridgehead atoms. The van der Waals surface area contributed by atoms with Gasteiger partial charge in [0.1, 0.15) is 17.7 Å². The van der Waals surface area contributed by atoms with Gasteiger partial charge >= 0.3 is 6.09 Å². The van der Waals surface area contributed by atoms with Crippen molar-refractivity contribution in [2.24, 2.45) is 0 Å². The van der Waals surface area contributed by atoms with Gasteiger partial charge in [0.15, 0.2) is 11.6 Å². The number of hydrogen-bond donors (Lipinski definition) is 1. The Bertz CT molecular complexity index is 884. The first-order valence-electron chi connectivity index (χ1n) is 8.37. The molecule has 2 aromatic rings. The van der Waals surface area contributed by atoms with Gasteiger partial charge in [0.2, 0.25) is 5.88 Å². The van der Waals surface area contributed by atoms with Crippen LogP contribution >= 0.6 is 0 Å². The Balaban J connectivity index is 1.82. The molecule has 0 spiro atoms. The molecule has 0 fully saturated rings. The normalized spacial score (nSPS) is 13.9. The molecule has 0 aliphatic carbocycles. The third-order valence-corrected chi connectivity index (χ3v) is 3.88. The molecule has 0 atom stereocenters. The molecular weight excluding hydrogens is 358 g/mol. The van der Waals surface area contributed by atoms with E-state index in [9.17, 15) is 13.6 Å². The Morgan fingerprint density at radius 3 is 2.67 bits per heavy atom. The van der Waals surface area contributed by atoms with E-state index in [4.69, 9.17) is 15.2 Å². The van der Waals surface area contributed by atoms with E-state index < -0.39 is 23.3 Å². The van der Waals surface area contributed by atoms with Gasteiger partial charge in [-0.2, -0.15) is 0 Å². The lowest BCUT2D eigenvalue weighted by molar-refractivity contribution is 0.0219. The molecule has 144 valence electrons. The molecular formula is C18H20F2N4O3. The van der Waals surface area contributed by atoms with Gasteiger partial charge in [-0.1, -0.05) is 0 Å². The number of carbonyl (C=O) groups is 1. The molecule has 9 heteroatoms. The third kappa shape index (κ3) is 4.24. The van der Waals surface area contributed by atoms with Gasteiger partial charge < -0.3 is 20.1 Å². The summed E-state index contributed by atoms with van der Waals surface area (Å²) in [7, 11) is 0. The molecule has 0 unspecified atom stereocenters. The number of amides is 1. The first kappa shape index (κ1) is 18.8. The summed E-state index contributed by atoms with van der Waals surface area (Å²) in [6.07, 6.45) is 1.20. The summed E-state index contributed by atoms with van der Waals surface area (Å²) in [5, 5.41) is 0. The van der Waals surface area contributed by atoms with Crippen molar-refractivity contribution in [2.75, 3.05) is 12.3 Å². The first-order chi connectivity index (χ1) is 12.6. The second-order valence-electron chi connectivity index (χ2n) is 7.16. The summed E-state index contributed by atoms with van der Waals surface area (Å²) in [5.74, 6) is -1.79. The molecule has 7 nitrogen and oxygen atoms in total. The summed E-state index contributed by atoms with van der Waals surface area (Å²) in [6, 6.07) is 1.72. The third-order valence-electron chi connectivity index (χ3n) is 3.88. The number of carbonyl (C=O) groups excluding carboxylic acids is 1. The quantitative estimate of drug-likeness (QED) is 0.806. The number of rotatable bonds is 2. The zero-order valence-electron chi connectivity index (χ0n) is 15.3. The van der Waals surface area contributed by atoms with Crippen molar-refractivity contribution in [1.82, 2.24) is 14.9 Å². The standard InChI is InChI=1S/C18H20F2N4O3/c1-18(2,3)27-17(25)24-5-4-10-14(8-24)22-9-23-16(10)26-15-7-11(19)13(21)6-12(15)20/h6-7,9H,4-5,8,21H2,1-3H3. The van der Waals surface area contributed by atoms with Gasteiger partial charge in [0.25, 0.3) is 0 Å². The lowest BCUT2D eigenvalue weighted by atomic mass is 10.1. The summed E-state index contributed by atoms with van der Waals surface area (Å²) in [5.41, 5.74) is 5.62. The number of aromatic nitrogens is 2. The maximum Gasteiger partial charge on any atom is 0.410 e. The maximum atomic E-state index is 14.0. The number of halogens is 2. The van der Waals surface area contributed by atoms with E-state index in [1.807, 2.05) is 0 Å². The van der Waals surface area contributed by atoms with E-state index in [0.29, 0.717) is 24.2 Å². The number of anilines is 1. The molecule has 27 heavy (non-hydrogen) atoms. The minimum Gasteiger partial charge on any atom is -0.444 e. The summed E-state index contributed by atoms with van der Waals surface area (Å²) >= 11 is 0. The topological polar surface area (TPSA) is 90.6 Å². The number of nitrogens with two attached hydrogens (primary N) is 1. The number of benzene rings is 1. The van der Waals surface area contributed by atoms with Crippen LogP contribution in [0.4, 0.5) is 19.3 Å². The fraction of sp³-hybridized carbons (Fsp3) is 0.389. The summed E-state index contributed by atoms with van der Waals surface area (Å²) < 4.78 is 38.4. The van der Waals surface area contributed by atoms with Crippen LogP contribution in [0.1, 0.15) is 32.0 Å². The first-order valence-corrected chi connectivity index (χ1v) is 8.37. The van der Waals surface area contributed by atoms with Crippen LogP contribution in [0.15, 0.2) is 18.5 Å². The molecule has 2 heterocycles. The predicted molar refractivity (Wildman–Crippen MR) is 93.2 cm³/mol. The number of nitrogens with zero attached hydrogens (tertiary/aromatic N) is 3. The highest BCUT2D eigenvalue weighted by molar-refractivity contribution is 5.68. The minimum atomic E-state index is -0.799. The Kier molecular flexibility index (Phi) is 4.86. The number of nitrogen functional groups attached to an aromatic ring is 1. The van der Waals surface area contributed by atoms with Crippen LogP contribution in [0, 0.1) is 11.6 Å². The van der Waals surface area contributed by atoms with Crippen LogP contribution in [0.2, 0.25) is 0 Å². The van der Waals surface area contributed by atoms with E-state index in [2.05, 4.69) is 9.97 Å². The molecule has 0 radical (unpaired) electrons. The van der Waals surface area contributed by atoms with Gasteiger partial charge in [-0.25, -0.2) is 23.5 Å². The molecule has 2 N–H and O–H groups in total. The lowest BCUT2D eigenvalue weighted by Crippen LogP contribution is -2.40. The van der Waals surface area contributed by atoms with Crippen LogP contribution in [0.25, 0.3) is 0 Å². The van der Waals surface area contributed by atoms with E-state index in [-0.39, 0.29) is 23.9 Å². The highest BCUT2D eigenvalue weighted by atomic mass is 19.1. The average Bonchev–Trinajstić information content (AvgIpc) is 2.58. The highest BCUT2D eigenvalue weighted by Crippen LogP contribution is 2.31. The molecule has 3 rings (SSSR count). The zero-order valence-corrected chi connectivity index (χ0v) is 15.3. The van der Waals surface area contributed by atoms with Gasteiger partial charge in [-0.3, -0.25) is 0 Å². The second kappa shape index (κ2) is 6.98. The van der Waals surface area contributed by atoms with Crippen LogP contribution in [0.5, 0.6) is 11.6 Å². The molecule has 1 amide bonds. The van der Waals surface area contributed by atoms with Gasteiger partial charge in [0.05, 0.1) is 17.9 Å². The predicted octanol–water partition coefficient (Wildman–Crippen LogP) is 3.42.